The summed E-state index contributed by atoms with van der Waals surface area (Å²) < 4.78 is 0. The SMILES string of the molecule is CCCCC(C)(C)c1ccc([C@@H]2C[C@H](O)CC[C@H]2CCCO)cc1. The lowest BCUT2D eigenvalue weighted by Crippen LogP contribution is -2.27. The molecule has 0 spiro atoms. The second-order valence-corrected chi connectivity index (χ2v) is 8.31. The van der Waals surface area contributed by atoms with E-state index in [1.54, 1.807) is 0 Å². The molecule has 1 aromatic carbocycles. The zero-order valence-corrected chi connectivity index (χ0v) is 15.8. The first kappa shape index (κ1) is 19.5. The van der Waals surface area contributed by atoms with Crippen LogP contribution in [-0.2, 0) is 5.41 Å². The van der Waals surface area contributed by atoms with E-state index in [0.717, 1.165) is 32.1 Å². The highest BCUT2D eigenvalue weighted by Gasteiger charge is 2.30. The second-order valence-electron chi connectivity index (χ2n) is 8.31. The van der Waals surface area contributed by atoms with E-state index in [4.69, 9.17) is 5.11 Å². The topological polar surface area (TPSA) is 40.5 Å². The van der Waals surface area contributed by atoms with Crippen molar-refractivity contribution in [1.82, 2.24) is 0 Å². The van der Waals surface area contributed by atoms with Gasteiger partial charge in [-0.3, -0.25) is 0 Å². The Bertz CT molecular complexity index is 475. The maximum atomic E-state index is 10.1. The number of unbranched alkanes of at least 4 members (excludes halogenated alkanes) is 1. The third kappa shape index (κ3) is 5.07. The number of hydrogen-bond acceptors (Lipinski definition) is 2. The molecule has 1 aliphatic rings. The average molecular weight is 333 g/mol. The van der Waals surface area contributed by atoms with Gasteiger partial charge >= 0.3 is 0 Å². The third-order valence-corrected chi connectivity index (χ3v) is 5.97. The Kier molecular flexibility index (Phi) is 7.31. The highest BCUT2D eigenvalue weighted by atomic mass is 16.3. The monoisotopic (exact) mass is 332 g/mol. The van der Waals surface area contributed by atoms with Crippen LogP contribution in [0.25, 0.3) is 0 Å². The van der Waals surface area contributed by atoms with E-state index < -0.39 is 0 Å². The minimum Gasteiger partial charge on any atom is -0.396 e. The van der Waals surface area contributed by atoms with Crippen molar-refractivity contribution >= 4 is 0 Å². The molecule has 1 saturated carbocycles. The maximum absolute atomic E-state index is 10.1. The summed E-state index contributed by atoms with van der Waals surface area (Å²) in [5, 5.41) is 19.3. The summed E-state index contributed by atoms with van der Waals surface area (Å²) in [6.07, 6.45) is 8.38. The van der Waals surface area contributed by atoms with Crippen molar-refractivity contribution < 1.29 is 10.2 Å². The molecule has 2 N–H and O–H groups in total. The molecular weight excluding hydrogens is 296 g/mol. The van der Waals surface area contributed by atoms with Gasteiger partial charge in [-0.15, -0.1) is 0 Å². The lowest BCUT2D eigenvalue weighted by atomic mass is 9.72. The molecule has 1 aromatic rings. The number of aliphatic hydroxyl groups excluding tert-OH is 2. The normalized spacial score (nSPS) is 25.0. The van der Waals surface area contributed by atoms with Gasteiger partial charge in [-0.1, -0.05) is 57.9 Å². The van der Waals surface area contributed by atoms with E-state index in [2.05, 4.69) is 45.0 Å². The first-order valence-corrected chi connectivity index (χ1v) is 9.87. The number of benzene rings is 1. The van der Waals surface area contributed by atoms with Crippen LogP contribution in [0.15, 0.2) is 24.3 Å². The van der Waals surface area contributed by atoms with E-state index in [-0.39, 0.29) is 18.1 Å². The summed E-state index contributed by atoms with van der Waals surface area (Å²) in [5.41, 5.74) is 3.02. The predicted octanol–water partition coefficient (Wildman–Crippen LogP) is 5.17. The Hall–Kier alpha value is -0.860. The van der Waals surface area contributed by atoms with Gasteiger partial charge in [0.25, 0.3) is 0 Å². The molecule has 0 radical (unpaired) electrons. The lowest BCUT2D eigenvalue weighted by molar-refractivity contribution is 0.0885. The average Bonchev–Trinajstić information content (AvgIpc) is 2.59. The van der Waals surface area contributed by atoms with Crippen LogP contribution in [0.1, 0.15) is 89.2 Å². The molecule has 0 aliphatic heterocycles. The number of rotatable bonds is 8. The molecule has 0 saturated heterocycles. The van der Waals surface area contributed by atoms with Gasteiger partial charge in [-0.2, -0.15) is 0 Å². The first-order valence-electron chi connectivity index (χ1n) is 9.87. The van der Waals surface area contributed by atoms with Crippen LogP contribution in [0, 0.1) is 5.92 Å². The maximum Gasteiger partial charge on any atom is 0.0546 e. The molecule has 136 valence electrons. The summed E-state index contributed by atoms with van der Waals surface area (Å²) in [7, 11) is 0. The molecule has 24 heavy (non-hydrogen) atoms. The molecule has 2 nitrogen and oxygen atoms in total. The fourth-order valence-electron chi connectivity index (χ4n) is 4.26. The molecule has 3 atom stereocenters. The zero-order valence-electron chi connectivity index (χ0n) is 15.8. The minimum absolute atomic E-state index is 0.166. The van der Waals surface area contributed by atoms with Crippen LogP contribution >= 0.6 is 0 Å². The second kappa shape index (κ2) is 9.01. The van der Waals surface area contributed by atoms with Gasteiger partial charge in [0, 0.05) is 6.61 Å². The molecule has 0 aromatic heterocycles. The smallest absolute Gasteiger partial charge is 0.0546 e. The molecule has 0 unspecified atom stereocenters. The first-order chi connectivity index (χ1) is 11.5. The van der Waals surface area contributed by atoms with Crippen molar-refractivity contribution in [3.05, 3.63) is 35.4 Å². The van der Waals surface area contributed by atoms with Crippen LogP contribution in [0.5, 0.6) is 0 Å². The summed E-state index contributed by atoms with van der Waals surface area (Å²) in [5.74, 6) is 1.03. The Morgan fingerprint density at radius 3 is 2.42 bits per heavy atom. The number of aliphatic hydroxyl groups is 2. The van der Waals surface area contributed by atoms with Gasteiger partial charge in [-0.25, -0.2) is 0 Å². The third-order valence-electron chi connectivity index (χ3n) is 5.97. The summed E-state index contributed by atoms with van der Waals surface area (Å²) in [6, 6.07) is 9.18. The molecule has 1 fully saturated rings. The van der Waals surface area contributed by atoms with E-state index in [1.165, 1.54) is 30.4 Å². The van der Waals surface area contributed by atoms with Crippen molar-refractivity contribution in [2.75, 3.05) is 6.61 Å². The van der Waals surface area contributed by atoms with Gasteiger partial charge in [-0.05, 0) is 66.9 Å². The molecule has 0 amide bonds. The standard InChI is InChI=1S/C22H36O2/c1-4-5-14-22(2,3)19-11-8-18(9-12-19)21-16-20(24)13-10-17(21)7-6-15-23/h8-9,11-12,17,20-21,23-24H,4-7,10,13-16H2,1-3H3/t17-,20-,21-/m1/s1. The Balaban J connectivity index is 2.11. The summed E-state index contributed by atoms with van der Waals surface area (Å²) in [6.45, 7) is 7.20. The molecule has 1 aliphatic carbocycles. The van der Waals surface area contributed by atoms with Gasteiger partial charge in [0.2, 0.25) is 0 Å². The van der Waals surface area contributed by atoms with Gasteiger partial charge in [0.05, 0.1) is 6.10 Å². The van der Waals surface area contributed by atoms with Crippen molar-refractivity contribution in [3.63, 3.8) is 0 Å². The highest BCUT2D eigenvalue weighted by Crippen LogP contribution is 2.41. The van der Waals surface area contributed by atoms with Crippen molar-refractivity contribution in [1.29, 1.82) is 0 Å². The van der Waals surface area contributed by atoms with Gasteiger partial charge in [0.1, 0.15) is 0 Å². The van der Waals surface area contributed by atoms with E-state index in [9.17, 15) is 5.11 Å². The fourth-order valence-corrected chi connectivity index (χ4v) is 4.26. The Morgan fingerprint density at radius 1 is 1.08 bits per heavy atom. The zero-order chi connectivity index (χ0) is 17.6. The summed E-state index contributed by atoms with van der Waals surface area (Å²) in [4.78, 5) is 0. The van der Waals surface area contributed by atoms with Crippen molar-refractivity contribution in [2.45, 2.75) is 89.6 Å². The predicted molar refractivity (Wildman–Crippen MR) is 101 cm³/mol. The van der Waals surface area contributed by atoms with Gasteiger partial charge in [0.15, 0.2) is 0 Å². The van der Waals surface area contributed by atoms with Crippen LogP contribution < -0.4 is 0 Å². The summed E-state index contributed by atoms with van der Waals surface area (Å²) >= 11 is 0. The van der Waals surface area contributed by atoms with E-state index >= 15 is 0 Å². The molecule has 2 rings (SSSR count). The Labute approximate surface area is 148 Å². The quantitative estimate of drug-likeness (QED) is 0.689. The van der Waals surface area contributed by atoms with Crippen molar-refractivity contribution in [3.8, 4) is 0 Å². The van der Waals surface area contributed by atoms with Crippen LogP contribution in [0.2, 0.25) is 0 Å². The highest BCUT2D eigenvalue weighted by molar-refractivity contribution is 5.30. The largest absolute Gasteiger partial charge is 0.396 e. The number of hydrogen-bond donors (Lipinski definition) is 2. The Morgan fingerprint density at radius 2 is 1.79 bits per heavy atom. The van der Waals surface area contributed by atoms with Crippen LogP contribution in [-0.4, -0.2) is 22.9 Å². The molecule has 0 bridgehead atoms. The van der Waals surface area contributed by atoms with Gasteiger partial charge < -0.3 is 10.2 Å². The molecular formula is C22H36O2. The van der Waals surface area contributed by atoms with Crippen LogP contribution in [0.3, 0.4) is 0 Å². The lowest BCUT2D eigenvalue weighted by Gasteiger charge is -2.35. The molecule has 2 heteroatoms. The van der Waals surface area contributed by atoms with E-state index in [1.807, 2.05) is 0 Å². The fraction of sp³-hybridized carbons (Fsp3) is 0.727. The van der Waals surface area contributed by atoms with Crippen LogP contribution in [0.4, 0.5) is 0 Å². The minimum atomic E-state index is -0.166. The van der Waals surface area contributed by atoms with Crippen molar-refractivity contribution in [2.24, 2.45) is 5.92 Å². The molecule has 0 heterocycles. The van der Waals surface area contributed by atoms with E-state index in [0.29, 0.717) is 11.8 Å².